The van der Waals surface area contributed by atoms with E-state index in [2.05, 4.69) is 9.64 Å². The lowest BCUT2D eigenvalue weighted by atomic mass is 10.00. The van der Waals surface area contributed by atoms with Gasteiger partial charge in [-0.25, -0.2) is 0 Å². The lowest BCUT2D eigenvalue weighted by molar-refractivity contribution is -0.147. The smallest absolute Gasteiger partial charge is 0.387 e. The van der Waals surface area contributed by atoms with E-state index in [1.165, 1.54) is 12.1 Å². The van der Waals surface area contributed by atoms with E-state index in [0.29, 0.717) is 25.4 Å². The molecule has 1 saturated heterocycles. The molecule has 1 N–H and O–H groups in total. The molecule has 0 unspecified atom stereocenters. The number of hydrogen-bond acceptors (Lipinski definition) is 4. The monoisotopic (exact) mass is 363 g/mol. The number of ether oxygens (including phenoxy) is 2. The third-order valence-corrected chi connectivity index (χ3v) is 4.17. The Morgan fingerprint density at radius 2 is 1.85 bits per heavy atom. The van der Waals surface area contributed by atoms with Crippen molar-refractivity contribution in [1.82, 2.24) is 4.90 Å². The Kier molecular flexibility index (Phi) is 5.68. The lowest BCUT2D eigenvalue weighted by Crippen LogP contribution is -2.49. The molecule has 1 aliphatic heterocycles. The van der Waals surface area contributed by atoms with E-state index in [9.17, 15) is 13.6 Å². The Labute approximate surface area is 149 Å². The van der Waals surface area contributed by atoms with Crippen LogP contribution in [0.1, 0.15) is 11.1 Å². The lowest BCUT2D eigenvalue weighted by Gasteiger charge is -2.36. The van der Waals surface area contributed by atoms with Crippen molar-refractivity contribution >= 4 is 5.97 Å². The normalized spacial score (nSPS) is 14.9. The van der Waals surface area contributed by atoms with Crippen LogP contribution < -0.4 is 9.47 Å². The maximum Gasteiger partial charge on any atom is 0.387 e. The topological polar surface area (TPSA) is 59.0 Å². The highest BCUT2D eigenvalue weighted by Gasteiger charge is 2.32. The Hall–Kier alpha value is -2.67. The van der Waals surface area contributed by atoms with Crippen LogP contribution in [0.5, 0.6) is 11.5 Å². The van der Waals surface area contributed by atoms with Gasteiger partial charge in [0.1, 0.15) is 18.1 Å². The van der Waals surface area contributed by atoms with Crippen molar-refractivity contribution in [3.05, 3.63) is 59.7 Å². The zero-order valence-electron chi connectivity index (χ0n) is 14.0. The van der Waals surface area contributed by atoms with Gasteiger partial charge in [-0.15, -0.1) is 0 Å². The first-order chi connectivity index (χ1) is 12.5. The van der Waals surface area contributed by atoms with Crippen LogP contribution in [0.15, 0.2) is 48.5 Å². The van der Waals surface area contributed by atoms with Gasteiger partial charge in [0, 0.05) is 19.6 Å². The van der Waals surface area contributed by atoms with Crippen molar-refractivity contribution in [2.75, 3.05) is 13.1 Å². The number of carbonyl (C=O) groups is 1. The molecule has 2 aromatic carbocycles. The highest BCUT2D eigenvalue weighted by atomic mass is 19.3. The van der Waals surface area contributed by atoms with Gasteiger partial charge in [0.2, 0.25) is 0 Å². The largest absolute Gasteiger partial charge is 0.489 e. The van der Waals surface area contributed by atoms with E-state index in [0.717, 1.165) is 11.1 Å². The summed E-state index contributed by atoms with van der Waals surface area (Å²) in [6.07, 6.45) is 0. The third kappa shape index (κ3) is 4.92. The van der Waals surface area contributed by atoms with Crippen LogP contribution in [0.2, 0.25) is 0 Å². The van der Waals surface area contributed by atoms with Gasteiger partial charge in [-0.05, 0) is 35.4 Å². The molecule has 0 atom stereocenters. The SMILES string of the molecule is O=C(O)C1CN(Cc2ccc(OCc3cccc(OC(F)F)c3)cc2)C1. The molecule has 0 bridgehead atoms. The molecule has 3 rings (SSSR count). The van der Waals surface area contributed by atoms with Crippen LogP contribution in [0.3, 0.4) is 0 Å². The van der Waals surface area contributed by atoms with Gasteiger partial charge >= 0.3 is 12.6 Å². The number of carboxylic acid groups (broad SMARTS) is 1. The first-order valence-corrected chi connectivity index (χ1v) is 8.20. The van der Waals surface area contributed by atoms with E-state index in [4.69, 9.17) is 9.84 Å². The molecule has 0 saturated carbocycles. The Morgan fingerprint density at radius 3 is 2.50 bits per heavy atom. The number of nitrogens with zero attached hydrogens (tertiary/aromatic N) is 1. The fourth-order valence-corrected chi connectivity index (χ4v) is 2.78. The van der Waals surface area contributed by atoms with Gasteiger partial charge in [0.05, 0.1) is 5.92 Å². The summed E-state index contributed by atoms with van der Waals surface area (Å²) in [6.45, 7) is -0.755. The van der Waals surface area contributed by atoms with Gasteiger partial charge in [0.15, 0.2) is 0 Å². The van der Waals surface area contributed by atoms with Crippen molar-refractivity contribution in [2.45, 2.75) is 19.8 Å². The number of halogens is 2. The average Bonchev–Trinajstić information content (AvgIpc) is 2.56. The number of aliphatic carboxylic acids is 1. The molecule has 0 aliphatic carbocycles. The highest BCUT2D eigenvalue weighted by molar-refractivity contribution is 5.71. The average molecular weight is 363 g/mol. The zero-order valence-corrected chi connectivity index (χ0v) is 14.0. The summed E-state index contributed by atoms with van der Waals surface area (Å²) >= 11 is 0. The summed E-state index contributed by atoms with van der Waals surface area (Å²) in [4.78, 5) is 12.9. The molecular formula is C19H19F2NO4. The second-order valence-electron chi connectivity index (χ2n) is 6.19. The molecule has 0 spiro atoms. The van der Waals surface area contributed by atoms with Crippen LogP contribution in [-0.4, -0.2) is 35.7 Å². The van der Waals surface area contributed by atoms with Gasteiger partial charge in [-0.2, -0.15) is 8.78 Å². The van der Waals surface area contributed by atoms with E-state index >= 15 is 0 Å². The fourth-order valence-electron chi connectivity index (χ4n) is 2.78. The van der Waals surface area contributed by atoms with Crippen molar-refractivity contribution in [3.8, 4) is 11.5 Å². The Morgan fingerprint density at radius 1 is 1.12 bits per heavy atom. The minimum absolute atomic E-state index is 0.102. The number of alkyl halides is 2. The van der Waals surface area contributed by atoms with Crippen molar-refractivity contribution < 1.29 is 28.2 Å². The van der Waals surface area contributed by atoms with Crippen LogP contribution in [-0.2, 0) is 17.9 Å². The maximum absolute atomic E-state index is 12.2. The maximum atomic E-state index is 12.2. The standard InChI is InChI=1S/C19H19F2NO4/c20-19(21)26-17-3-1-2-14(8-17)12-25-16-6-4-13(5-7-16)9-22-10-15(11-22)18(23)24/h1-8,15,19H,9-12H2,(H,23,24). The van der Waals surface area contributed by atoms with Gasteiger partial charge in [0.25, 0.3) is 0 Å². The molecule has 1 aliphatic rings. The van der Waals surface area contributed by atoms with Crippen molar-refractivity contribution in [2.24, 2.45) is 5.92 Å². The molecule has 26 heavy (non-hydrogen) atoms. The molecule has 5 nitrogen and oxygen atoms in total. The van der Waals surface area contributed by atoms with E-state index < -0.39 is 12.6 Å². The minimum atomic E-state index is -2.85. The van der Waals surface area contributed by atoms with E-state index in [-0.39, 0.29) is 18.3 Å². The van der Waals surface area contributed by atoms with Crippen LogP contribution in [0.4, 0.5) is 8.78 Å². The summed E-state index contributed by atoms with van der Waals surface area (Å²) in [6, 6.07) is 13.9. The molecule has 2 aromatic rings. The van der Waals surface area contributed by atoms with Crippen molar-refractivity contribution in [1.29, 1.82) is 0 Å². The minimum Gasteiger partial charge on any atom is -0.489 e. The molecular weight excluding hydrogens is 344 g/mol. The molecule has 1 heterocycles. The second kappa shape index (κ2) is 8.14. The predicted octanol–water partition coefficient (Wildman–Crippen LogP) is 3.38. The van der Waals surface area contributed by atoms with Crippen LogP contribution in [0, 0.1) is 5.92 Å². The molecule has 0 radical (unpaired) electrons. The summed E-state index contributed by atoms with van der Waals surface area (Å²) in [5.74, 6) is -0.234. The number of hydrogen-bond donors (Lipinski definition) is 1. The zero-order chi connectivity index (χ0) is 18.5. The number of rotatable bonds is 8. The van der Waals surface area contributed by atoms with Gasteiger partial charge < -0.3 is 14.6 Å². The Balaban J connectivity index is 1.48. The quantitative estimate of drug-likeness (QED) is 0.779. The first-order valence-electron chi connectivity index (χ1n) is 8.20. The van der Waals surface area contributed by atoms with Crippen LogP contribution in [0.25, 0.3) is 0 Å². The molecule has 1 fully saturated rings. The molecule has 0 aromatic heterocycles. The Bertz CT molecular complexity index is 745. The van der Waals surface area contributed by atoms with Crippen molar-refractivity contribution in [3.63, 3.8) is 0 Å². The molecule has 7 heteroatoms. The molecule has 138 valence electrons. The van der Waals surface area contributed by atoms with Gasteiger partial charge in [-0.3, -0.25) is 9.69 Å². The summed E-state index contributed by atoms with van der Waals surface area (Å²) in [7, 11) is 0. The predicted molar refractivity (Wildman–Crippen MR) is 90.3 cm³/mol. The number of carboxylic acids is 1. The summed E-state index contributed by atoms with van der Waals surface area (Å²) < 4.78 is 34.5. The van der Waals surface area contributed by atoms with E-state index in [1.54, 1.807) is 12.1 Å². The van der Waals surface area contributed by atoms with Gasteiger partial charge in [-0.1, -0.05) is 24.3 Å². The summed E-state index contributed by atoms with van der Waals surface area (Å²) in [5, 5.41) is 8.88. The van der Waals surface area contributed by atoms with E-state index in [1.807, 2.05) is 24.3 Å². The van der Waals surface area contributed by atoms with Crippen LogP contribution >= 0.6 is 0 Å². The molecule has 0 amide bonds. The number of benzene rings is 2. The number of likely N-dealkylation sites (tertiary alicyclic amines) is 1. The fraction of sp³-hybridized carbons (Fsp3) is 0.316. The third-order valence-electron chi connectivity index (χ3n) is 4.17. The second-order valence-corrected chi connectivity index (χ2v) is 6.19. The summed E-state index contributed by atoms with van der Waals surface area (Å²) in [5.41, 5.74) is 1.81. The highest BCUT2D eigenvalue weighted by Crippen LogP contribution is 2.21. The first kappa shape index (κ1) is 18.1.